The molecular weight excluding hydrogens is 660 g/mol. The van der Waals surface area contributed by atoms with Crippen LogP contribution in [0.5, 0.6) is 34.5 Å². The highest BCUT2D eigenvalue weighted by molar-refractivity contribution is 5.98. The molecule has 0 aliphatic heterocycles. The maximum atomic E-state index is 13.1. The van der Waals surface area contributed by atoms with E-state index in [0.29, 0.717) is 0 Å². The molecule has 3 rings (SSSR count). The second-order valence-electron chi connectivity index (χ2n) is 11.4. The smallest absolute Gasteiger partial charge is 0.303 e. The van der Waals surface area contributed by atoms with E-state index in [1.807, 2.05) is 0 Å². The van der Waals surface area contributed by atoms with Crippen molar-refractivity contribution >= 4 is 23.8 Å². The first kappa shape index (κ1) is 38.7. The first-order chi connectivity index (χ1) is 23.7. The number of phenols is 6. The third kappa shape index (κ3) is 11.1. The summed E-state index contributed by atoms with van der Waals surface area (Å²) < 4.78 is 0. The van der Waals surface area contributed by atoms with Gasteiger partial charge in [0.2, 0.25) is 0 Å². The number of aliphatic hydroxyl groups excluding tert-OH is 1. The van der Waals surface area contributed by atoms with Crippen LogP contribution < -0.4 is 16.0 Å². The maximum Gasteiger partial charge on any atom is 0.303 e. The normalized spacial score (nSPS) is 12.9. The molecule has 0 bridgehead atoms. The van der Waals surface area contributed by atoms with Crippen LogP contribution in [0, 0.1) is 0 Å². The predicted octanol–water partition coefficient (Wildman–Crippen LogP) is 1.13. The predicted molar refractivity (Wildman–Crippen MR) is 175 cm³/mol. The minimum absolute atomic E-state index is 0.0130. The third-order valence-corrected chi connectivity index (χ3v) is 7.67. The van der Waals surface area contributed by atoms with Gasteiger partial charge in [-0.3, -0.25) is 29.4 Å². The van der Waals surface area contributed by atoms with Crippen LogP contribution in [0.15, 0.2) is 54.6 Å². The number of aromatic hydroxyl groups is 6. The van der Waals surface area contributed by atoms with Crippen molar-refractivity contribution in [3.05, 3.63) is 71.3 Å². The molecule has 0 saturated carbocycles. The van der Waals surface area contributed by atoms with E-state index in [1.54, 1.807) is 4.90 Å². The van der Waals surface area contributed by atoms with Crippen LogP contribution in [0.25, 0.3) is 0 Å². The van der Waals surface area contributed by atoms with E-state index in [-0.39, 0.29) is 62.1 Å². The molecule has 50 heavy (non-hydrogen) atoms. The average Bonchev–Trinajstić information content (AvgIpc) is 3.05. The van der Waals surface area contributed by atoms with Gasteiger partial charge in [0.05, 0.1) is 11.1 Å². The molecule has 0 heterocycles. The molecule has 270 valence electrons. The van der Waals surface area contributed by atoms with Gasteiger partial charge in [0.15, 0.2) is 34.5 Å². The number of carboxylic acid groups (broad SMARTS) is 2. The summed E-state index contributed by atoms with van der Waals surface area (Å²) in [6.45, 7) is -0.304. The molecule has 0 aliphatic rings. The number of amides is 2. The molecule has 17 heteroatoms. The summed E-state index contributed by atoms with van der Waals surface area (Å²) >= 11 is 0. The van der Waals surface area contributed by atoms with E-state index < -0.39 is 83.0 Å². The molecule has 3 aromatic rings. The van der Waals surface area contributed by atoms with Crippen LogP contribution in [0.1, 0.15) is 58.2 Å². The molecule has 3 aromatic carbocycles. The second-order valence-corrected chi connectivity index (χ2v) is 11.4. The highest BCUT2D eigenvalue weighted by Gasteiger charge is 2.26. The van der Waals surface area contributed by atoms with Crippen molar-refractivity contribution in [2.24, 2.45) is 0 Å². The molecule has 0 fully saturated rings. The molecule has 0 aliphatic carbocycles. The lowest BCUT2D eigenvalue weighted by Gasteiger charge is -2.33. The Morgan fingerprint density at radius 1 is 0.640 bits per heavy atom. The molecule has 0 spiro atoms. The summed E-state index contributed by atoms with van der Waals surface area (Å²) in [5.74, 6) is -7.44. The van der Waals surface area contributed by atoms with Gasteiger partial charge in [-0.15, -0.1) is 0 Å². The van der Waals surface area contributed by atoms with Crippen LogP contribution in [0.4, 0.5) is 0 Å². The fourth-order valence-electron chi connectivity index (χ4n) is 5.11. The number of aliphatic hydroxyl groups is 1. The van der Waals surface area contributed by atoms with Gasteiger partial charge in [-0.2, -0.15) is 0 Å². The van der Waals surface area contributed by atoms with Crippen molar-refractivity contribution in [3.8, 4) is 34.5 Å². The number of hydrogen-bond acceptors (Lipinski definition) is 13. The largest absolute Gasteiger partial charge is 0.504 e. The molecule has 0 radical (unpaired) electrons. The average molecular weight is 701 g/mol. The Balaban J connectivity index is 1.89. The van der Waals surface area contributed by atoms with E-state index in [0.717, 1.165) is 6.07 Å². The second kappa shape index (κ2) is 18.1. The molecule has 2 amide bonds. The summed E-state index contributed by atoms with van der Waals surface area (Å²) in [4.78, 5) is 50.6. The summed E-state index contributed by atoms with van der Waals surface area (Å²) in [6, 6.07) is 9.68. The lowest BCUT2D eigenvalue weighted by atomic mass is 10.1. The van der Waals surface area contributed by atoms with Crippen molar-refractivity contribution in [2.75, 3.05) is 26.2 Å². The number of nitrogens with zero attached hydrogens (tertiary/aromatic N) is 1. The highest BCUT2D eigenvalue weighted by atomic mass is 16.4. The molecule has 0 saturated heterocycles. The number of rotatable bonds is 19. The highest BCUT2D eigenvalue weighted by Crippen LogP contribution is 2.32. The Hall–Kier alpha value is -5.78. The molecular formula is C33H40N4O13. The number of carboxylic acids is 2. The minimum Gasteiger partial charge on any atom is -0.504 e. The van der Waals surface area contributed by atoms with E-state index >= 15 is 0 Å². The van der Waals surface area contributed by atoms with Crippen LogP contribution >= 0.6 is 0 Å². The lowest BCUT2D eigenvalue weighted by Crippen LogP contribution is -2.50. The number of para-hydroxylation sites is 3. The van der Waals surface area contributed by atoms with E-state index in [4.69, 9.17) is 0 Å². The van der Waals surface area contributed by atoms with Gasteiger partial charge in [-0.25, -0.2) is 0 Å². The van der Waals surface area contributed by atoms with Gasteiger partial charge < -0.3 is 56.6 Å². The zero-order valence-electron chi connectivity index (χ0n) is 26.7. The van der Waals surface area contributed by atoms with Crippen molar-refractivity contribution in [1.29, 1.82) is 0 Å². The van der Waals surface area contributed by atoms with Crippen molar-refractivity contribution in [3.63, 3.8) is 0 Å². The van der Waals surface area contributed by atoms with Crippen molar-refractivity contribution in [1.82, 2.24) is 20.9 Å². The van der Waals surface area contributed by atoms with Gasteiger partial charge in [0, 0.05) is 56.7 Å². The van der Waals surface area contributed by atoms with Crippen molar-refractivity contribution in [2.45, 2.75) is 44.0 Å². The molecule has 3 atom stereocenters. The number of nitrogens with one attached hydrogen (secondary N) is 3. The lowest BCUT2D eigenvalue weighted by molar-refractivity contribution is -0.138. The Kier molecular flexibility index (Phi) is 14.0. The number of benzene rings is 3. The fourth-order valence-corrected chi connectivity index (χ4v) is 5.11. The SMILES string of the molecule is O=C(O)CCC(CN(CCNC(=O)c1cccc(O)c1O)CC(CCC(=O)O)NC(O)c1cccc(O)c1O)NC(=O)c1cccc(O)c1O. The number of aliphatic carboxylic acids is 2. The number of hydrogen-bond donors (Lipinski definition) is 12. The zero-order chi connectivity index (χ0) is 37.0. The van der Waals surface area contributed by atoms with Crippen LogP contribution in [-0.2, 0) is 9.59 Å². The summed E-state index contributed by atoms with van der Waals surface area (Å²) in [5.41, 5.74) is -0.609. The summed E-state index contributed by atoms with van der Waals surface area (Å²) in [7, 11) is 0. The Morgan fingerprint density at radius 2 is 1.12 bits per heavy atom. The minimum atomic E-state index is -1.59. The monoisotopic (exact) mass is 700 g/mol. The van der Waals surface area contributed by atoms with Crippen molar-refractivity contribution < 1.29 is 65.1 Å². The number of carbonyl (C=O) groups is 4. The standard InChI is InChI=1S/C33H40N4O13/c38-23-7-1-4-20(28(23)45)31(48)34-14-15-37(16-18(10-12-26(41)42)35-32(49)21-5-2-8-24(39)29(21)46)17-19(11-13-27(43)44)36-33(50)22-6-3-9-25(40)30(22)47/h1-9,18-19,32,35,38-40,45-47,49H,10-17H2,(H,34,48)(H,36,50)(H,41,42)(H,43,44). The maximum absolute atomic E-state index is 13.1. The van der Waals surface area contributed by atoms with Crippen LogP contribution in [0.3, 0.4) is 0 Å². The fraction of sp³-hybridized carbons (Fsp3) is 0.333. The van der Waals surface area contributed by atoms with Gasteiger partial charge in [-0.05, 0) is 43.2 Å². The topological polar surface area (TPSA) is 290 Å². The van der Waals surface area contributed by atoms with Crippen LogP contribution in [0.2, 0.25) is 0 Å². The first-order valence-corrected chi connectivity index (χ1v) is 15.4. The first-order valence-electron chi connectivity index (χ1n) is 15.4. The molecule has 0 aromatic heterocycles. The van der Waals surface area contributed by atoms with Crippen LogP contribution in [-0.4, -0.2) is 113 Å². The van der Waals surface area contributed by atoms with E-state index in [2.05, 4.69) is 16.0 Å². The Bertz CT molecular complexity index is 1670. The van der Waals surface area contributed by atoms with Gasteiger partial charge in [0.25, 0.3) is 11.8 Å². The van der Waals surface area contributed by atoms with Gasteiger partial charge in [0.1, 0.15) is 6.23 Å². The quantitative estimate of drug-likeness (QED) is 0.0616. The molecule has 12 N–H and O–H groups in total. The zero-order valence-corrected chi connectivity index (χ0v) is 26.7. The number of carbonyl (C=O) groups excluding carboxylic acids is 2. The number of phenolic OH excluding ortho intramolecular Hbond substituents is 6. The van der Waals surface area contributed by atoms with Gasteiger partial charge >= 0.3 is 11.9 Å². The summed E-state index contributed by atoms with van der Waals surface area (Å²) in [6.07, 6.45) is -2.54. The molecule has 3 unspecified atom stereocenters. The van der Waals surface area contributed by atoms with E-state index in [1.165, 1.54) is 48.5 Å². The Morgan fingerprint density at radius 3 is 1.68 bits per heavy atom. The van der Waals surface area contributed by atoms with E-state index in [9.17, 15) is 65.1 Å². The summed E-state index contributed by atoms with van der Waals surface area (Å²) in [5, 5.41) is 97.8. The third-order valence-electron chi connectivity index (χ3n) is 7.67. The Labute approximate surface area is 285 Å². The molecule has 17 nitrogen and oxygen atoms in total. The van der Waals surface area contributed by atoms with Gasteiger partial charge in [-0.1, -0.05) is 24.3 Å².